The number of anilines is 1. The van der Waals surface area contributed by atoms with Gasteiger partial charge in [-0.25, -0.2) is 14.8 Å². The normalized spacial score (nSPS) is 15.8. The number of fused-ring (bicyclic) bond motifs is 1. The lowest BCUT2D eigenvalue weighted by Gasteiger charge is -2.14. The number of carbonyl (C=O) groups excluding carboxylic acids is 1. The molecule has 11 nitrogen and oxygen atoms in total. The van der Waals surface area contributed by atoms with Gasteiger partial charge in [0.1, 0.15) is 36.0 Å². The molecule has 0 radical (unpaired) electrons. The number of aromatic nitrogens is 4. The number of rotatable bonds is 8. The number of hydrogen-bond acceptors (Lipinski definition) is 10. The monoisotopic (exact) mass is 456 g/mol. The van der Waals surface area contributed by atoms with E-state index in [0.29, 0.717) is 36.1 Å². The summed E-state index contributed by atoms with van der Waals surface area (Å²) < 4.78 is 21.6. The summed E-state index contributed by atoms with van der Waals surface area (Å²) >= 11 is 6.15. The molecule has 0 bridgehead atoms. The largest absolute Gasteiger partial charge is 0.487 e. The molecule has 1 amide bonds. The van der Waals surface area contributed by atoms with Crippen molar-refractivity contribution in [2.24, 2.45) is 0 Å². The molecule has 0 spiro atoms. The van der Waals surface area contributed by atoms with E-state index in [1.54, 1.807) is 12.3 Å². The molecule has 164 valence electrons. The number of nitrogens with zero attached hydrogens (tertiary/aromatic N) is 5. The Bertz CT molecular complexity index is 1220. The summed E-state index contributed by atoms with van der Waals surface area (Å²) in [6, 6.07) is 9.14. The lowest BCUT2D eigenvalue weighted by Crippen LogP contribution is -2.26. The number of hydrogen-bond donors (Lipinski definition) is 1. The molecule has 0 aliphatic carbocycles. The average Bonchev–Trinajstić information content (AvgIpc) is 3.54. The summed E-state index contributed by atoms with van der Waals surface area (Å²) in [5.41, 5.74) is 0.543. The lowest BCUT2D eigenvalue weighted by molar-refractivity contribution is 0.103. The molecule has 1 fully saturated rings. The number of carbonyl (C=O) groups is 1. The lowest BCUT2D eigenvalue weighted by atomic mass is 10.2. The van der Waals surface area contributed by atoms with Crippen LogP contribution in [0, 0.1) is 0 Å². The first kappa shape index (κ1) is 20.1. The second-order valence-corrected chi connectivity index (χ2v) is 7.30. The molecule has 1 unspecified atom stereocenters. The van der Waals surface area contributed by atoms with Gasteiger partial charge in [-0.3, -0.25) is 4.90 Å². The maximum atomic E-state index is 12.1. The van der Waals surface area contributed by atoms with E-state index in [1.165, 1.54) is 11.2 Å². The van der Waals surface area contributed by atoms with Crippen molar-refractivity contribution in [3.05, 3.63) is 59.9 Å². The van der Waals surface area contributed by atoms with Crippen molar-refractivity contribution in [1.29, 1.82) is 0 Å². The first-order valence-corrected chi connectivity index (χ1v) is 10.1. The quantitative estimate of drug-likeness (QED) is 0.394. The van der Waals surface area contributed by atoms with E-state index in [-0.39, 0.29) is 18.4 Å². The van der Waals surface area contributed by atoms with E-state index < -0.39 is 12.2 Å². The number of halogens is 1. The van der Waals surface area contributed by atoms with E-state index in [1.807, 2.05) is 24.3 Å². The van der Waals surface area contributed by atoms with Gasteiger partial charge >= 0.3 is 6.09 Å². The minimum absolute atomic E-state index is 0.0773. The van der Waals surface area contributed by atoms with Crippen LogP contribution in [0.4, 0.5) is 10.6 Å². The second kappa shape index (κ2) is 8.71. The summed E-state index contributed by atoms with van der Waals surface area (Å²) in [7, 11) is 0. The Morgan fingerprint density at radius 3 is 3.00 bits per heavy atom. The Morgan fingerprint density at radius 2 is 2.19 bits per heavy atom. The topological polar surface area (TPSA) is 129 Å². The minimum Gasteiger partial charge on any atom is -0.487 e. The number of amides is 1. The van der Waals surface area contributed by atoms with Gasteiger partial charge in [-0.1, -0.05) is 11.2 Å². The van der Waals surface area contributed by atoms with Crippen LogP contribution < -0.4 is 10.1 Å². The summed E-state index contributed by atoms with van der Waals surface area (Å²) in [5.74, 6) is 2.14. The van der Waals surface area contributed by atoms with E-state index >= 15 is 0 Å². The summed E-state index contributed by atoms with van der Waals surface area (Å²) in [6.45, 7) is 1.09. The predicted octanol–water partition coefficient (Wildman–Crippen LogP) is 3.27. The van der Waals surface area contributed by atoms with Crippen molar-refractivity contribution in [1.82, 2.24) is 25.0 Å². The Kier molecular flexibility index (Phi) is 5.46. The van der Waals surface area contributed by atoms with Crippen molar-refractivity contribution in [3.8, 4) is 5.75 Å². The SMILES string of the molecule is O=C1OC(COc2cccc3c(NCc4ccco4)nc(Cl)nc23)CN1Cc1ncno1. The van der Waals surface area contributed by atoms with Crippen LogP contribution in [0.15, 0.2) is 51.9 Å². The fourth-order valence-electron chi connectivity index (χ4n) is 3.34. The summed E-state index contributed by atoms with van der Waals surface area (Å²) in [4.78, 5) is 26.1. The van der Waals surface area contributed by atoms with Gasteiger partial charge < -0.3 is 23.7 Å². The molecule has 4 aromatic rings. The van der Waals surface area contributed by atoms with Crippen molar-refractivity contribution in [2.75, 3.05) is 18.5 Å². The molecule has 1 aliphatic heterocycles. The highest BCUT2D eigenvalue weighted by Crippen LogP contribution is 2.30. The molecule has 1 aliphatic rings. The number of ether oxygens (including phenoxy) is 2. The highest BCUT2D eigenvalue weighted by atomic mass is 35.5. The Labute approximate surface area is 186 Å². The van der Waals surface area contributed by atoms with Crippen LogP contribution in [0.5, 0.6) is 5.75 Å². The van der Waals surface area contributed by atoms with Crippen LogP contribution in [0.3, 0.4) is 0 Å². The molecule has 3 aromatic heterocycles. The molecule has 12 heteroatoms. The number of furan rings is 1. The summed E-state index contributed by atoms with van der Waals surface area (Å²) in [6.07, 6.45) is 1.95. The van der Waals surface area contributed by atoms with Gasteiger partial charge in [0, 0.05) is 5.39 Å². The van der Waals surface area contributed by atoms with Crippen LogP contribution >= 0.6 is 11.6 Å². The van der Waals surface area contributed by atoms with Gasteiger partial charge in [0.2, 0.25) is 11.2 Å². The number of para-hydroxylation sites is 1. The maximum Gasteiger partial charge on any atom is 0.410 e. The number of cyclic esters (lactones) is 1. The standard InChI is InChI=1S/C20H17ClN6O5/c21-19-25-17-14(18(26-19)22-7-12-3-2-6-29-12)4-1-5-15(17)30-10-13-8-27(20(28)31-13)9-16-23-11-24-32-16/h1-6,11,13H,7-10H2,(H,22,25,26). The van der Waals surface area contributed by atoms with Crippen LogP contribution in [-0.2, 0) is 17.8 Å². The van der Waals surface area contributed by atoms with Crippen LogP contribution in [-0.4, -0.2) is 50.4 Å². The molecule has 1 atom stereocenters. The number of benzene rings is 1. The first-order valence-electron chi connectivity index (χ1n) is 9.72. The summed E-state index contributed by atoms with van der Waals surface area (Å²) in [5, 5.41) is 7.55. The molecular weight excluding hydrogens is 440 g/mol. The molecule has 1 aromatic carbocycles. The molecule has 1 saturated heterocycles. The third kappa shape index (κ3) is 4.28. The average molecular weight is 457 g/mol. The van der Waals surface area contributed by atoms with Gasteiger partial charge in [-0.2, -0.15) is 4.98 Å². The second-order valence-electron chi connectivity index (χ2n) is 6.96. The fraction of sp³-hybridized carbons (Fsp3) is 0.250. The van der Waals surface area contributed by atoms with E-state index in [2.05, 4.69) is 25.4 Å². The van der Waals surface area contributed by atoms with Gasteiger partial charge in [0.25, 0.3) is 0 Å². The van der Waals surface area contributed by atoms with Crippen LogP contribution in [0.2, 0.25) is 5.28 Å². The van der Waals surface area contributed by atoms with Gasteiger partial charge in [0.05, 0.1) is 19.4 Å². The molecular formula is C20H17ClN6O5. The Morgan fingerprint density at radius 1 is 1.25 bits per heavy atom. The Hall–Kier alpha value is -3.86. The molecule has 4 heterocycles. The Balaban J connectivity index is 1.28. The van der Waals surface area contributed by atoms with Crippen molar-refractivity contribution in [2.45, 2.75) is 19.2 Å². The highest BCUT2D eigenvalue weighted by molar-refractivity contribution is 6.29. The van der Waals surface area contributed by atoms with E-state index in [9.17, 15) is 4.79 Å². The molecule has 32 heavy (non-hydrogen) atoms. The van der Waals surface area contributed by atoms with Gasteiger partial charge in [-0.05, 0) is 35.9 Å². The third-order valence-corrected chi connectivity index (χ3v) is 4.95. The van der Waals surface area contributed by atoms with E-state index in [0.717, 1.165) is 11.1 Å². The van der Waals surface area contributed by atoms with Gasteiger partial charge in [-0.15, -0.1) is 0 Å². The first-order chi connectivity index (χ1) is 15.7. The number of nitrogens with one attached hydrogen (secondary N) is 1. The minimum atomic E-state index is -0.468. The smallest absolute Gasteiger partial charge is 0.410 e. The highest BCUT2D eigenvalue weighted by Gasteiger charge is 2.33. The molecule has 0 saturated carbocycles. The zero-order valence-electron chi connectivity index (χ0n) is 16.6. The van der Waals surface area contributed by atoms with E-state index in [4.69, 9.17) is 30.0 Å². The van der Waals surface area contributed by atoms with Crippen molar-refractivity contribution >= 4 is 34.4 Å². The predicted molar refractivity (Wildman–Crippen MR) is 111 cm³/mol. The zero-order chi connectivity index (χ0) is 21.9. The molecule has 1 N–H and O–H groups in total. The molecule has 5 rings (SSSR count). The third-order valence-electron chi connectivity index (χ3n) is 4.78. The fourth-order valence-corrected chi connectivity index (χ4v) is 3.50. The van der Waals surface area contributed by atoms with Gasteiger partial charge in [0.15, 0.2) is 12.4 Å². The van der Waals surface area contributed by atoms with Crippen molar-refractivity contribution in [3.63, 3.8) is 0 Å². The van der Waals surface area contributed by atoms with Crippen molar-refractivity contribution < 1.29 is 23.2 Å². The van der Waals surface area contributed by atoms with Crippen LogP contribution in [0.1, 0.15) is 11.7 Å². The zero-order valence-corrected chi connectivity index (χ0v) is 17.4. The maximum absolute atomic E-state index is 12.1. The van der Waals surface area contributed by atoms with Crippen LogP contribution in [0.25, 0.3) is 10.9 Å².